The molecule has 98 valence electrons. The highest BCUT2D eigenvalue weighted by Gasteiger charge is 2.10. The molecule has 2 heterocycles. The molecule has 0 bridgehead atoms. The first kappa shape index (κ1) is 13.4. The van der Waals surface area contributed by atoms with Crippen LogP contribution in [0.2, 0.25) is 5.02 Å². The summed E-state index contributed by atoms with van der Waals surface area (Å²) in [6.45, 7) is 11.5. The van der Waals surface area contributed by atoms with E-state index in [1.54, 1.807) is 0 Å². The van der Waals surface area contributed by atoms with Crippen LogP contribution in [-0.2, 0) is 6.54 Å². The molecule has 2 aromatic rings. The molecular weight excluding hydrogens is 246 g/mol. The van der Waals surface area contributed by atoms with Crippen LogP contribution in [0.25, 0.3) is 5.65 Å². The van der Waals surface area contributed by atoms with Crippen molar-refractivity contribution >= 4 is 17.2 Å². The molecule has 0 radical (unpaired) electrons. The Morgan fingerprint density at radius 1 is 1.28 bits per heavy atom. The zero-order valence-corrected chi connectivity index (χ0v) is 12.3. The molecule has 0 amide bonds. The summed E-state index contributed by atoms with van der Waals surface area (Å²) in [6, 6.07) is 2.03. The van der Waals surface area contributed by atoms with E-state index in [9.17, 15) is 0 Å². The van der Waals surface area contributed by atoms with Gasteiger partial charge < -0.3 is 4.40 Å². The van der Waals surface area contributed by atoms with Crippen LogP contribution < -0.4 is 0 Å². The van der Waals surface area contributed by atoms with Crippen molar-refractivity contribution in [3.8, 4) is 0 Å². The second-order valence-electron chi connectivity index (χ2n) is 4.63. The molecule has 0 saturated heterocycles. The molecule has 0 atom stereocenters. The van der Waals surface area contributed by atoms with Crippen LogP contribution >= 0.6 is 11.6 Å². The van der Waals surface area contributed by atoms with Gasteiger partial charge in [0.1, 0.15) is 0 Å². The van der Waals surface area contributed by atoms with Crippen LogP contribution in [0, 0.1) is 13.8 Å². The zero-order valence-electron chi connectivity index (χ0n) is 11.5. The third-order valence-electron chi connectivity index (χ3n) is 3.51. The number of hydrogen-bond acceptors (Lipinski definition) is 2. The summed E-state index contributed by atoms with van der Waals surface area (Å²) >= 11 is 6.32. The number of aromatic nitrogens is 2. The van der Waals surface area contributed by atoms with Gasteiger partial charge >= 0.3 is 0 Å². The summed E-state index contributed by atoms with van der Waals surface area (Å²) in [6.07, 6.45) is 2.15. The Morgan fingerprint density at radius 3 is 2.56 bits per heavy atom. The largest absolute Gasteiger partial charge is 0.303 e. The minimum atomic E-state index is 0.732. The smallest absolute Gasteiger partial charge is 0.156 e. The molecule has 0 aliphatic carbocycles. The maximum Gasteiger partial charge on any atom is 0.156 e. The third-order valence-corrected chi connectivity index (χ3v) is 3.79. The van der Waals surface area contributed by atoms with Gasteiger partial charge in [-0.05, 0) is 38.6 Å². The Kier molecular flexibility index (Phi) is 3.93. The highest BCUT2D eigenvalue weighted by atomic mass is 35.5. The van der Waals surface area contributed by atoms with E-state index in [2.05, 4.69) is 41.3 Å². The van der Waals surface area contributed by atoms with Gasteiger partial charge in [-0.1, -0.05) is 25.4 Å². The first-order valence-electron chi connectivity index (χ1n) is 6.42. The number of fused-ring (bicyclic) bond motifs is 1. The Balaban J connectivity index is 2.44. The first-order valence-corrected chi connectivity index (χ1v) is 6.80. The second kappa shape index (κ2) is 5.29. The highest BCUT2D eigenvalue weighted by Crippen LogP contribution is 2.22. The van der Waals surface area contributed by atoms with Crippen LogP contribution in [0.5, 0.6) is 0 Å². The van der Waals surface area contributed by atoms with Crippen LogP contribution in [0.4, 0.5) is 0 Å². The molecule has 4 heteroatoms. The average Bonchev–Trinajstić information content (AvgIpc) is 2.64. The van der Waals surface area contributed by atoms with E-state index in [1.165, 1.54) is 5.56 Å². The summed E-state index contributed by atoms with van der Waals surface area (Å²) in [7, 11) is 0. The quantitative estimate of drug-likeness (QED) is 0.844. The van der Waals surface area contributed by atoms with Gasteiger partial charge in [-0.3, -0.25) is 4.90 Å². The van der Waals surface area contributed by atoms with E-state index < -0.39 is 0 Å². The van der Waals surface area contributed by atoms with Gasteiger partial charge in [0.15, 0.2) is 5.65 Å². The second-order valence-corrected chi connectivity index (χ2v) is 5.04. The molecule has 18 heavy (non-hydrogen) atoms. The van der Waals surface area contributed by atoms with Crippen molar-refractivity contribution in [3.05, 3.63) is 34.2 Å². The predicted octanol–water partition coefficient (Wildman–Crippen LogP) is 3.45. The standard InChI is InChI=1S/C14H20ClN3/c1-5-17(6-2)8-12-7-13(15)14-16-10(3)11(4)18(14)9-12/h7,9H,5-6,8H2,1-4H3. The SMILES string of the molecule is CCN(CC)Cc1cc(Cl)c2nc(C)c(C)n2c1. The number of rotatable bonds is 4. The number of halogens is 1. The van der Waals surface area contributed by atoms with E-state index in [-0.39, 0.29) is 0 Å². The van der Waals surface area contributed by atoms with Gasteiger partial charge in [0.2, 0.25) is 0 Å². The molecule has 0 aliphatic heterocycles. The Bertz CT molecular complexity index is 556. The molecule has 0 saturated carbocycles. The number of hydrogen-bond donors (Lipinski definition) is 0. The van der Waals surface area contributed by atoms with Crippen molar-refractivity contribution in [2.75, 3.05) is 13.1 Å². The molecule has 0 unspecified atom stereocenters. The molecule has 0 aliphatic rings. The fourth-order valence-corrected chi connectivity index (χ4v) is 2.45. The fraction of sp³-hybridized carbons (Fsp3) is 0.500. The number of pyridine rings is 1. The Hall–Kier alpha value is -1.06. The lowest BCUT2D eigenvalue weighted by molar-refractivity contribution is 0.295. The lowest BCUT2D eigenvalue weighted by Crippen LogP contribution is -2.22. The molecular formula is C14H20ClN3. The van der Waals surface area contributed by atoms with Crippen molar-refractivity contribution in [1.82, 2.24) is 14.3 Å². The van der Waals surface area contributed by atoms with Crippen LogP contribution in [0.3, 0.4) is 0 Å². The predicted molar refractivity (Wildman–Crippen MR) is 76.3 cm³/mol. The van der Waals surface area contributed by atoms with Gasteiger partial charge in [-0.15, -0.1) is 0 Å². The molecule has 2 rings (SSSR count). The van der Waals surface area contributed by atoms with Gasteiger partial charge in [0, 0.05) is 18.4 Å². The van der Waals surface area contributed by atoms with Crippen molar-refractivity contribution in [2.45, 2.75) is 34.2 Å². The lowest BCUT2D eigenvalue weighted by atomic mass is 10.2. The van der Waals surface area contributed by atoms with E-state index in [0.717, 1.165) is 41.7 Å². The first-order chi connectivity index (χ1) is 8.56. The van der Waals surface area contributed by atoms with E-state index in [1.807, 2.05) is 13.0 Å². The van der Waals surface area contributed by atoms with Crippen molar-refractivity contribution < 1.29 is 0 Å². The van der Waals surface area contributed by atoms with Crippen LogP contribution in [0.15, 0.2) is 12.3 Å². The highest BCUT2D eigenvalue weighted by molar-refractivity contribution is 6.33. The van der Waals surface area contributed by atoms with Crippen LogP contribution in [0.1, 0.15) is 30.8 Å². The number of nitrogens with zero attached hydrogens (tertiary/aromatic N) is 3. The van der Waals surface area contributed by atoms with E-state index >= 15 is 0 Å². The zero-order chi connectivity index (χ0) is 13.3. The van der Waals surface area contributed by atoms with Gasteiger partial charge in [-0.25, -0.2) is 4.98 Å². The number of imidazole rings is 1. The van der Waals surface area contributed by atoms with Crippen molar-refractivity contribution in [3.63, 3.8) is 0 Å². The maximum atomic E-state index is 6.32. The molecule has 3 nitrogen and oxygen atoms in total. The Morgan fingerprint density at radius 2 is 1.94 bits per heavy atom. The van der Waals surface area contributed by atoms with Crippen molar-refractivity contribution in [1.29, 1.82) is 0 Å². The van der Waals surface area contributed by atoms with Gasteiger partial charge in [-0.2, -0.15) is 0 Å². The fourth-order valence-electron chi connectivity index (χ4n) is 2.18. The summed E-state index contributed by atoms with van der Waals surface area (Å²) in [4.78, 5) is 6.86. The van der Waals surface area contributed by atoms with Gasteiger partial charge in [0.05, 0.1) is 10.7 Å². The molecule has 0 N–H and O–H groups in total. The van der Waals surface area contributed by atoms with E-state index in [4.69, 9.17) is 11.6 Å². The minimum absolute atomic E-state index is 0.732. The third kappa shape index (κ3) is 2.38. The van der Waals surface area contributed by atoms with Crippen LogP contribution in [-0.4, -0.2) is 27.4 Å². The minimum Gasteiger partial charge on any atom is -0.303 e. The van der Waals surface area contributed by atoms with E-state index in [0.29, 0.717) is 0 Å². The monoisotopic (exact) mass is 265 g/mol. The molecule has 2 aromatic heterocycles. The van der Waals surface area contributed by atoms with Crippen molar-refractivity contribution in [2.24, 2.45) is 0 Å². The normalized spacial score (nSPS) is 11.7. The summed E-state index contributed by atoms with van der Waals surface area (Å²) in [5.74, 6) is 0. The topological polar surface area (TPSA) is 20.5 Å². The lowest BCUT2D eigenvalue weighted by Gasteiger charge is -2.18. The Labute approximate surface area is 113 Å². The maximum absolute atomic E-state index is 6.32. The van der Waals surface area contributed by atoms with Gasteiger partial charge in [0.25, 0.3) is 0 Å². The average molecular weight is 266 g/mol. The molecule has 0 spiro atoms. The molecule has 0 fully saturated rings. The summed E-state index contributed by atoms with van der Waals surface area (Å²) in [5.41, 5.74) is 4.29. The summed E-state index contributed by atoms with van der Waals surface area (Å²) < 4.78 is 2.09. The summed E-state index contributed by atoms with van der Waals surface area (Å²) in [5, 5.41) is 0.732. The molecule has 0 aromatic carbocycles. The number of aryl methyl sites for hydroxylation is 2.